The molecule has 1 aromatic carbocycles. The lowest BCUT2D eigenvalue weighted by Gasteiger charge is -2.30. The second kappa shape index (κ2) is 5.46. The molecule has 0 amide bonds. The first-order chi connectivity index (χ1) is 8.32. The summed E-state index contributed by atoms with van der Waals surface area (Å²) in [5.41, 5.74) is 2.09. The van der Waals surface area contributed by atoms with E-state index in [2.05, 4.69) is 6.07 Å². The molecule has 1 fully saturated rings. The van der Waals surface area contributed by atoms with Crippen LogP contribution in [0.3, 0.4) is 0 Å². The summed E-state index contributed by atoms with van der Waals surface area (Å²) >= 11 is 0. The quantitative estimate of drug-likeness (QED) is 0.728. The fourth-order valence-electron chi connectivity index (χ4n) is 2.92. The van der Waals surface area contributed by atoms with Crippen molar-refractivity contribution in [2.24, 2.45) is 0 Å². The van der Waals surface area contributed by atoms with Gasteiger partial charge in [-0.3, -0.25) is 4.79 Å². The van der Waals surface area contributed by atoms with Gasteiger partial charge in [0, 0.05) is 17.6 Å². The molecule has 0 N–H and O–H groups in total. The first-order valence-electron chi connectivity index (χ1n) is 6.45. The highest BCUT2D eigenvalue weighted by molar-refractivity contribution is 5.78. The smallest absolute Gasteiger partial charge is 0.150 e. The third kappa shape index (κ3) is 2.42. The van der Waals surface area contributed by atoms with Crippen molar-refractivity contribution in [2.45, 2.75) is 38.0 Å². The van der Waals surface area contributed by atoms with Crippen LogP contribution in [0.15, 0.2) is 24.3 Å². The number of carbonyl (C=O) groups is 1. The monoisotopic (exact) mass is 232 g/mol. The molecule has 2 heteroatoms. The second-order valence-corrected chi connectivity index (χ2v) is 4.83. The van der Waals surface area contributed by atoms with Gasteiger partial charge in [-0.05, 0) is 25.3 Å². The van der Waals surface area contributed by atoms with Crippen LogP contribution in [-0.4, -0.2) is 19.5 Å². The van der Waals surface area contributed by atoms with E-state index in [0.717, 1.165) is 37.9 Å². The van der Waals surface area contributed by atoms with Crippen molar-refractivity contribution in [3.05, 3.63) is 35.4 Å². The summed E-state index contributed by atoms with van der Waals surface area (Å²) in [6.45, 7) is 3.51. The van der Waals surface area contributed by atoms with Crippen molar-refractivity contribution in [3.8, 4) is 0 Å². The van der Waals surface area contributed by atoms with Gasteiger partial charge in [0.2, 0.25) is 0 Å². The topological polar surface area (TPSA) is 26.3 Å². The number of rotatable bonds is 5. The fourth-order valence-corrected chi connectivity index (χ4v) is 2.92. The zero-order valence-corrected chi connectivity index (χ0v) is 10.4. The number of hydrogen-bond donors (Lipinski definition) is 0. The molecule has 0 heterocycles. The molecule has 0 aromatic heterocycles. The van der Waals surface area contributed by atoms with Crippen molar-refractivity contribution in [1.82, 2.24) is 0 Å². The minimum atomic E-state index is 0.0769. The zero-order valence-electron chi connectivity index (χ0n) is 10.4. The van der Waals surface area contributed by atoms with Crippen LogP contribution in [0.5, 0.6) is 0 Å². The molecule has 1 aromatic rings. The van der Waals surface area contributed by atoms with Crippen LogP contribution in [0.1, 0.15) is 48.5 Å². The predicted molar refractivity (Wildman–Crippen MR) is 68.5 cm³/mol. The van der Waals surface area contributed by atoms with Gasteiger partial charge in [0.25, 0.3) is 0 Å². The molecule has 2 rings (SSSR count). The maximum Gasteiger partial charge on any atom is 0.150 e. The van der Waals surface area contributed by atoms with Gasteiger partial charge in [-0.2, -0.15) is 0 Å². The SMILES string of the molecule is CCOCC1(c2ccccc2C=O)CCCC1. The minimum Gasteiger partial charge on any atom is -0.381 e. The molecule has 0 aliphatic heterocycles. The van der Waals surface area contributed by atoms with Gasteiger partial charge in [0.1, 0.15) is 6.29 Å². The lowest BCUT2D eigenvalue weighted by molar-refractivity contribution is 0.0926. The van der Waals surface area contributed by atoms with E-state index >= 15 is 0 Å². The van der Waals surface area contributed by atoms with E-state index in [4.69, 9.17) is 4.74 Å². The number of benzene rings is 1. The first-order valence-corrected chi connectivity index (χ1v) is 6.45. The summed E-state index contributed by atoms with van der Waals surface area (Å²) in [5, 5.41) is 0. The van der Waals surface area contributed by atoms with Crippen LogP contribution in [-0.2, 0) is 10.2 Å². The predicted octanol–water partition coefficient (Wildman–Crippen LogP) is 3.35. The largest absolute Gasteiger partial charge is 0.381 e. The van der Waals surface area contributed by atoms with E-state index in [1.54, 1.807) is 0 Å². The van der Waals surface area contributed by atoms with Crippen LogP contribution in [0.25, 0.3) is 0 Å². The Balaban J connectivity index is 2.34. The van der Waals surface area contributed by atoms with Gasteiger partial charge < -0.3 is 4.74 Å². The molecule has 0 atom stereocenters. The summed E-state index contributed by atoms with van der Waals surface area (Å²) in [6.07, 6.45) is 5.72. The average Bonchev–Trinajstić information content (AvgIpc) is 2.86. The number of carbonyl (C=O) groups excluding carboxylic acids is 1. The van der Waals surface area contributed by atoms with Crippen molar-refractivity contribution in [2.75, 3.05) is 13.2 Å². The number of ether oxygens (including phenoxy) is 1. The molecule has 1 aliphatic carbocycles. The molecular formula is C15H20O2. The molecule has 0 bridgehead atoms. The lowest BCUT2D eigenvalue weighted by atomic mass is 9.77. The normalized spacial score (nSPS) is 18.2. The lowest BCUT2D eigenvalue weighted by Crippen LogP contribution is -2.30. The van der Waals surface area contributed by atoms with Crippen LogP contribution < -0.4 is 0 Å². The Bertz CT molecular complexity index is 378. The maximum absolute atomic E-state index is 11.2. The van der Waals surface area contributed by atoms with Gasteiger partial charge in [-0.25, -0.2) is 0 Å². The van der Waals surface area contributed by atoms with Gasteiger partial charge in [-0.15, -0.1) is 0 Å². The van der Waals surface area contributed by atoms with Gasteiger partial charge >= 0.3 is 0 Å². The highest BCUT2D eigenvalue weighted by Crippen LogP contribution is 2.42. The van der Waals surface area contributed by atoms with Crippen LogP contribution in [0.2, 0.25) is 0 Å². The molecule has 17 heavy (non-hydrogen) atoms. The minimum absolute atomic E-state index is 0.0769. The summed E-state index contributed by atoms with van der Waals surface area (Å²) in [7, 11) is 0. The molecule has 1 saturated carbocycles. The first kappa shape index (κ1) is 12.3. The maximum atomic E-state index is 11.2. The molecule has 1 aliphatic rings. The molecule has 0 unspecified atom stereocenters. The third-order valence-electron chi connectivity index (χ3n) is 3.80. The Hall–Kier alpha value is -1.15. The molecule has 0 spiro atoms. The molecular weight excluding hydrogens is 212 g/mol. The Morgan fingerprint density at radius 2 is 2.00 bits per heavy atom. The summed E-state index contributed by atoms with van der Waals surface area (Å²) in [5.74, 6) is 0. The average molecular weight is 232 g/mol. The second-order valence-electron chi connectivity index (χ2n) is 4.83. The van der Waals surface area contributed by atoms with E-state index in [1.165, 1.54) is 18.4 Å². The molecule has 0 saturated heterocycles. The highest BCUT2D eigenvalue weighted by atomic mass is 16.5. The van der Waals surface area contributed by atoms with Crippen molar-refractivity contribution >= 4 is 6.29 Å². The highest BCUT2D eigenvalue weighted by Gasteiger charge is 2.37. The zero-order chi connectivity index (χ0) is 12.1. The Morgan fingerprint density at radius 1 is 1.29 bits per heavy atom. The van der Waals surface area contributed by atoms with Crippen molar-refractivity contribution < 1.29 is 9.53 Å². The summed E-state index contributed by atoms with van der Waals surface area (Å²) in [6, 6.07) is 7.95. The fraction of sp³-hybridized carbons (Fsp3) is 0.533. The standard InChI is InChI=1S/C15H20O2/c1-2-17-12-15(9-5-6-10-15)14-8-4-3-7-13(14)11-16/h3-4,7-8,11H,2,5-6,9-10,12H2,1H3. The van der Waals surface area contributed by atoms with Crippen molar-refractivity contribution in [1.29, 1.82) is 0 Å². The number of hydrogen-bond acceptors (Lipinski definition) is 2. The molecule has 2 nitrogen and oxygen atoms in total. The van der Waals surface area contributed by atoms with Crippen LogP contribution in [0, 0.1) is 0 Å². The van der Waals surface area contributed by atoms with E-state index in [-0.39, 0.29) is 5.41 Å². The van der Waals surface area contributed by atoms with Gasteiger partial charge in [0.15, 0.2) is 0 Å². The van der Waals surface area contributed by atoms with Crippen LogP contribution in [0.4, 0.5) is 0 Å². The summed E-state index contributed by atoms with van der Waals surface area (Å²) in [4.78, 5) is 11.2. The van der Waals surface area contributed by atoms with E-state index in [1.807, 2.05) is 25.1 Å². The van der Waals surface area contributed by atoms with E-state index < -0.39 is 0 Å². The van der Waals surface area contributed by atoms with Gasteiger partial charge in [-0.1, -0.05) is 37.1 Å². The molecule has 92 valence electrons. The Morgan fingerprint density at radius 3 is 2.65 bits per heavy atom. The Labute approximate surface area is 103 Å². The Kier molecular flexibility index (Phi) is 3.95. The molecule has 0 radical (unpaired) electrons. The number of aldehydes is 1. The van der Waals surface area contributed by atoms with Crippen LogP contribution >= 0.6 is 0 Å². The van der Waals surface area contributed by atoms with Gasteiger partial charge in [0.05, 0.1) is 6.61 Å². The summed E-state index contributed by atoms with van der Waals surface area (Å²) < 4.78 is 5.66. The van der Waals surface area contributed by atoms with E-state index in [0.29, 0.717) is 0 Å². The third-order valence-corrected chi connectivity index (χ3v) is 3.80. The van der Waals surface area contributed by atoms with E-state index in [9.17, 15) is 4.79 Å². The van der Waals surface area contributed by atoms with Crippen molar-refractivity contribution in [3.63, 3.8) is 0 Å².